The summed E-state index contributed by atoms with van der Waals surface area (Å²) in [4.78, 5) is 2.12. The zero-order valence-corrected chi connectivity index (χ0v) is 15.1. The summed E-state index contributed by atoms with van der Waals surface area (Å²) in [7, 11) is 4.12. The Hall–Kier alpha value is -0.480. The largest absolute Gasteiger partial charge is 0.381 e. The molecule has 0 aliphatic carbocycles. The number of nitrogens with zero attached hydrogens (tertiary/aromatic N) is 1. The van der Waals surface area contributed by atoms with Gasteiger partial charge in [0.1, 0.15) is 0 Å². The second-order valence-electron chi connectivity index (χ2n) is 5.06. The Kier molecular flexibility index (Phi) is 15.7. The van der Waals surface area contributed by atoms with Gasteiger partial charge < -0.3 is 15.0 Å². The molecular formula is C16H30Cl2N2O. The van der Waals surface area contributed by atoms with Crippen molar-refractivity contribution in [2.75, 3.05) is 38.8 Å². The molecule has 0 unspecified atom stereocenters. The summed E-state index contributed by atoms with van der Waals surface area (Å²) in [6, 6.07) is 8.68. The number of anilines is 1. The lowest BCUT2D eigenvalue weighted by atomic mass is 10.2. The SMILES string of the molecule is CCCCOCCCNCc1ccc(N(C)C)cc1.Cl.Cl. The van der Waals surface area contributed by atoms with Crippen LogP contribution < -0.4 is 10.2 Å². The highest BCUT2D eigenvalue weighted by Gasteiger charge is 1.96. The lowest BCUT2D eigenvalue weighted by molar-refractivity contribution is 0.129. The molecule has 0 spiro atoms. The summed E-state index contributed by atoms with van der Waals surface area (Å²) < 4.78 is 5.52. The van der Waals surface area contributed by atoms with Gasteiger partial charge in [0.25, 0.3) is 0 Å². The van der Waals surface area contributed by atoms with Crippen LogP contribution in [0.1, 0.15) is 31.7 Å². The molecule has 0 amide bonds. The van der Waals surface area contributed by atoms with Crippen molar-refractivity contribution in [1.82, 2.24) is 5.32 Å². The van der Waals surface area contributed by atoms with Gasteiger partial charge in [0.15, 0.2) is 0 Å². The van der Waals surface area contributed by atoms with Gasteiger partial charge in [-0.3, -0.25) is 0 Å². The first-order valence-electron chi connectivity index (χ1n) is 7.28. The number of nitrogens with one attached hydrogen (secondary N) is 1. The fourth-order valence-electron chi connectivity index (χ4n) is 1.79. The first-order chi connectivity index (χ1) is 9.24. The van der Waals surface area contributed by atoms with Crippen LogP contribution in [0.4, 0.5) is 5.69 Å². The van der Waals surface area contributed by atoms with Crippen LogP contribution >= 0.6 is 24.8 Å². The molecule has 0 radical (unpaired) electrons. The number of benzene rings is 1. The standard InChI is InChI=1S/C16H28N2O.2ClH/c1-4-5-12-19-13-6-11-17-14-15-7-9-16(10-8-15)18(2)3;;/h7-10,17H,4-6,11-14H2,1-3H3;2*1H. The first kappa shape index (κ1) is 22.8. The van der Waals surface area contributed by atoms with Crippen LogP contribution in [0.15, 0.2) is 24.3 Å². The topological polar surface area (TPSA) is 24.5 Å². The van der Waals surface area contributed by atoms with Gasteiger partial charge in [0.2, 0.25) is 0 Å². The van der Waals surface area contributed by atoms with Crippen LogP contribution in [0.3, 0.4) is 0 Å². The van der Waals surface area contributed by atoms with Gasteiger partial charge in [-0.2, -0.15) is 0 Å². The summed E-state index contributed by atoms with van der Waals surface area (Å²) in [6.45, 7) is 5.91. The molecule has 0 bridgehead atoms. The van der Waals surface area contributed by atoms with E-state index in [9.17, 15) is 0 Å². The highest BCUT2D eigenvalue weighted by molar-refractivity contribution is 5.85. The smallest absolute Gasteiger partial charge is 0.0478 e. The Morgan fingerprint density at radius 2 is 1.62 bits per heavy atom. The van der Waals surface area contributed by atoms with Gasteiger partial charge in [-0.05, 0) is 37.1 Å². The van der Waals surface area contributed by atoms with E-state index in [1.165, 1.54) is 24.1 Å². The zero-order chi connectivity index (χ0) is 13.9. The molecule has 0 heterocycles. The van der Waals surface area contributed by atoms with Crippen molar-refractivity contribution in [2.45, 2.75) is 32.7 Å². The molecule has 1 N–H and O–H groups in total. The molecule has 0 aromatic heterocycles. The molecule has 0 atom stereocenters. The van der Waals surface area contributed by atoms with E-state index in [-0.39, 0.29) is 24.8 Å². The van der Waals surface area contributed by atoms with E-state index in [1.54, 1.807) is 0 Å². The average molecular weight is 337 g/mol. The van der Waals surface area contributed by atoms with E-state index in [4.69, 9.17) is 4.74 Å². The number of rotatable bonds is 10. The molecule has 124 valence electrons. The Balaban J connectivity index is 0. The highest BCUT2D eigenvalue weighted by atomic mass is 35.5. The minimum Gasteiger partial charge on any atom is -0.381 e. The molecule has 0 aliphatic heterocycles. The van der Waals surface area contributed by atoms with Crippen LogP contribution in [0.2, 0.25) is 0 Å². The fourth-order valence-corrected chi connectivity index (χ4v) is 1.79. The molecule has 0 saturated heterocycles. The van der Waals surface area contributed by atoms with Gasteiger partial charge in [0.05, 0.1) is 0 Å². The van der Waals surface area contributed by atoms with Crippen molar-refractivity contribution in [1.29, 1.82) is 0 Å². The Morgan fingerprint density at radius 1 is 1.00 bits per heavy atom. The van der Waals surface area contributed by atoms with Gasteiger partial charge in [-0.15, -0.1) is 24.8 Å². The van der Waals surface area contributed by atoms with E-state index < -0.39 is 0 Å². The van der Waals surface area contributed by atoms with Crippen LogP contribution in [0.25, 0.3) is 0 Å². The molecule has 1 aromatic carbocycles. The number of ether oxygens (including phenoxy) is 1. The molecule has 0 aliphatic rings. The van der Waals surface area contributed by atoms with Gasteiger partial charge in [-0.1, -0.05) is 25.5 Å². The second-order valence-corrected chi connectivity index (χ2v) is 5.06. The van der Waals surface area contributed by atoms with E-state index in [1.807, 2.05) is 0 Å². The third kappa shape index (κ3) is 10.8. The monoisotopic (exact) mass is 336 g/mol. The number of hydrogen-bond acceptors (Lipinski definition) is 3. The number of hydrogen-bond donors (Lipinski definition) is 1. The quantitative estimate of drug-likeness (QED) is 0.656. The summed E-state index contributed by atoms with van der Waals surface area (Å²) in [6.07, 6.45) is 3.46. The Labute approximate surface area is 142 Å². The molecule has 0 saturated carbocycles. The van der Waals surface area contributed by atoms with Crippen LogP contribution in [-0.4, -0.2) is 33.9 Å². The molecule has 5 heteroatoms. The van der Waals surface area contributed by atoms with Crippen molar-refractivity contribution < 1.29 is 4.74 Å². The maximum Gasteiger partial charge on any atom is 0.0478 e. The van der Waals surface area contributed by atoms with Crippen molar-refractivity contribution in [3.8, 4) is 0 Å². The van der Waals surface area contributed by atoms with Gasteiger partial charge in [0, 0.05) is 39.5 Å². The minimum absolute atomic E-state index is 0. The van der Waals surface area contributed by atoms with Crippen molar-refractivity contribution in [2.24, 2.45) is 0 Å². The van der Waals surface area contributed by atoms with E-state index >= 15 is 0 Å². The normalized spacial score (nSPS) is 9.67. The van der Waals surface area contributed by atoms with E-state index in [0.717, 1.165) is 32.7 Å². The molecule has 1 rings (SSSR count). The summed E-state index contributed by atoms with van der Waals surface area (Å²) in [5.74, 6) is 0. The lowest BCUT2D eigenvalue weighted by Gasteiger charge is -2.13. The van der Waals surface area contributed by atoms with Crippen LogP contribution in [0, 0.1) is 0 Å². The summed E-state index contributed by atoms with van der Waals surface area (Å²) in [5.41, 5.74) is 2.57. The molecule has 21 heavy (non-hydrogen) atoms. The maximum absolute atomic E-state index is 5.52. The number of unbranched alkanes of at least 4 members (excludes halogenated alkanes) is 1. The molecule has 0 fully saturated rings. The zero-order valence-electron chi connectivity index (χ0n) is 13.4. The van der Waals surface area contributed by atoms with Crippen molar-refractivity contribution in [3.05, 3.63) is 29.8 Å². The summed E-state index contributed by atoms with van der Waals surface area (Å²) in [5, 5.41) is 3.45. The van der Waals surface area contributed by atoms with E-state index in [2.05, 4.69) is 55.5 Å². The predicted molar refractivity (Wildman–Crippen MR) is 97.3 cm³/mol. The van der Waals surface area contributed by atoms with Crippen molar-refractivity contribution >= 4 is 30.5 Å². The fraction of sp³-hybridized carbons (Fsp3) is 0.625. The lowest BCUT2D eigenvalue weighted by Crippen LogP contribution is -2.16. The van der Waals surface area contributed by atoms with Gasteiger partial charge >= 0.3 is 0 Å². The average Bonchev–Trinajstić information content (AvgIpc) is 2.42. The molecule has 1 aromatic rings. The van der Waals surface area contributed by atoms with E-state index in [0.29, 0.717) is 0 Å². The second kappa shape index (κ2) is 14.5. The third-order valence-electron chi connectivity index (χ3n) is 3.07. The number of halogens is 2. The maximum atomic E-state index is 5.52. The predicted octanol–water partition coefficient (Wildman–Crippen LogP) is 3.89. The Morgan fingerprint density at radius 3 is 2.19 bits per heavy atom. The third-order valence-corrected chi connectivity index (χ3v) is 3.07. The first-order valence-corrected chi connectivity index (χ1v) is 7.28. The minimum atomic E-state index is 0. The van der Waals surface area contributed by atoms with Gasteiger partial charge in [-0.25, -0.2) is 0 Å². The molecule has 3 nitrogen and oxygen atoms in total. The Bertz CT molecular complexity index is 332. The summed E-state index contributed by atoms with van der Waals surface area (Å²) >= 11 is 0. The van der Waals surface area contributed by atoms with Crippen molar-refractivity contribution in [3.63, 3.8) is 0 Å². The molecular weight excluding hydrogens is 307 g/mol. The van der Waals surface area contributed by atoms with Crippen LogP contribution in [0.5, 0.6) is 0 Å². The van der Waals surface area contributed by atoms with Crippen LogP contribution in [-0.2, 0) is 11.3 Å². The highest BCUT2D eigenvalue weighted by Crippen LogP contribution is 2.11.